The second-order valence-corrected chi connectivity index (χ2v) is 4.91. The Morgan fingerprint density at radius 2 is 2.35 bits per heavy atom. The number of benzene rings is 1. The molecular weight excluding hydrogens is 260 g/mol. The molecule has 0 spiro atoms. The maximum Gasteiger partial charge on any atom is 0.285 e. The quantitative estimate of drug-likeness (QED) is 0.661. The second-order valence-electron chi connectivity index (χ2n) is 4.91. The summed E-state index contributed by atoms with van der Waals surface area (Å²) in [5, 5.41) is 13.8. The summed E-state index contributed by atoms with van der Waals surface area (Å²) in [4.78, 5) is 22.6. The molecule has 1 aliphatic rings. The van der Waals surface area contributed by atoms with E-state index in [4.69, 9.17) is 4.74 Å². The Morgan fingerprint density at radius 3 is 3.00 bits per heavy atom. The summed E-state index contributed by atoms with van der Waals surface area (Å²) in [6.45, 7) is 2.87. The van der Waals surface area contributed by atoms with Gasteiger partial charge in [0, 0.05) is 18.7 Å². The van der Waals surface area contributed by atoms with Gasteiger partial charge in [-0.2, -0.15) is 0 Å². The van der Waals surface area contributed by atoms with Crippen LogP contribution in [-0.4, -0.2) is 30.1 Å². The number of hydrogen-bond donors (Lipinski definition) is 1. The van der Waals surface area contributed by atoms with Crippen LogP contribution in [0.5, 0.6) is 0 Å². The molecular formula is C14H18N2O4. The molecule has 0 unspecified atom stereocenters. The number of rotatable bonds is 5. The van der Waals surface area contributed by atoms with E-state index < -0.39 is 10.8 Å². The molecule has 1 fully saturated rings. The van der Waals surface area contributed by atoms with E-state index in [1.807, 2.05) is 0 Å². The van der Waals surface area contributed by atoms with Gasteiger partial charge < -0.3 is 10.1 Å². The van der Waals surface area contributed by atoms with Gasteiger partial charge in [0.15, 0.2) is 0 Å². The maximum atomic E-state index is 12.0. The monoisotopic (exact) mass is 278 g/mol. The van der Waals surface area contributed by atoms with Gasteiger partial charge in [0.05, 0.1) is 11.0 Å². The highest BCUT2D eigenvalue weighted by atomic mass is 16.6. The van der Waals surface area contributed by atoms with Crippen molar-refractivity contribution in [3.63, 3.8) is 0 Å². The fraction of sp³-hybridized carbons (Fsp3) is 0.500. The van der Waals surface area contributed by atoms with Gasteiger partial charge >= 0.3 is 0 Å². The number of ether oxygens (including phenoxy) is 1. The number of nitro groups is 1. The SMILES string of the molecule is Cc1cccc(C(=O)NCC[C@@H]2CCCO2)c1[N+](=O)[O-]. The normalized spacial score (nSPS) is 17.9. The topological polar surface area (TPSA) is 81.5 Å². The Labute approximate surface area is 117 Å². The Balaban J connectivity index is 1.98. The zero-order valence-electron chi connectivity index (χ0n) is 11.4. The van der Waals surface area contributed by atoms with Crippen LogP contribution in [0.4, 0.5) is 5.69 Å². The Morgan fingerprint density at radius 1 is 1.55 bits per heavy atom. The van der Waals surface area contributed by atoms with Crippen LogP contribution in [0.15, 0.2) is 18.2 Å². The van der Waals surface area contributed by atoms with Gasteiger partial charge in [0.1, 0.15) is 5.56 Å². The summed E-state index contributed by atoms with van der Waals surface area (Å²) in [5.74, 6) is -0.404. The molecule has 0 bridgehead atoms. The van der Waals surface area contributed by atoms with Gasteiger partial charge in [-0.05, 0) is 32.3 Å². The number of nitro benzene ring substituents is 1. The molecule has 1 aromatic rings. The van der Waals surface area contributed by atoms with Crippen LogP contribution < -0.4 is 5.32 Å². The molecule has 0 aromatic heterocycles. The van der Waals surface area contributed by atoms with Gasteiger partial charge in [-0.3, -0.25) is 14.9 Å². The van der Waals surface area contributed by atoms with Crippen LogP contribution in [-0.2, 0) is 4.74 Å². The lowest BCUT2D eigenvalue weighted by atomic mass is 10.1. The molecule has 1 saturated heterocycles. The molecule has 108 valence electrons. The average molecular weight is 278 g/mol. The van der Waals surface area contributed by atoms with Crippen molar-refractivity contribution in [2.75, 3.05) is 13.2 Å². The van der Waals surface area contributed by atoms with Crippen LogP contribution in [0.25, 0.3) is 0 Å². The standard InChI is InChI=1S/C14H18N2O4/c1-10-4-2-6-12(13(10)16(18)19)14(17)15-8-7-11-5-3-9-20-11/h2,4,6,11H,3,5,7-9H2,1H3,(H,15,17)/t11-/m0/s1. The molecule has 1 N–H and O–H groups in total. The van der Waals surface area contributed by atoms with E-state index in [-0.39, 0.29) is 17.4 Å². The van der Waals surface area contributed by atoms with E-state index in [2.05, 4.69) is 5.32 Å². The Hall–Kier alpha value is -1.95. The molecule has 2 rings (SSSR count). The number of amides is 1. The highest BCUT2D eigenvalue weighted by Gasteiger charge is 2.22. The molecule has 1 atom stereocenters. The van der Waals surface area contributed by atoms with E-state index in [1.54, 1.807) is 19.1 Å². The van der Waals surface area contributed by atoms with Crippen molar-refractivity contribution in [1.29, 1.82) is 0 Å². The van der Waals surface area contributed by atoms with Gasteiger partial charge in [0.25, 0.3) is 11.6 Å². The van der Waals surface area contributed by atoms with Crippen LogP contribution in [0.2, 0.25) is 0 Å². The van der Waals surface area contributed by atoms with Gasteiger partial charge in [0.2, 0.25) is 0 Å². The molecule has 1 aromatic carbocycles. The first-order chi connectivity index (χ1) is 9.59. The fourth-order valence-electron chi connectivity index (χ4n) is 2.40. The fourth-order valence-corrected chi connectivity index (χ4v) is 2.40. The first-order valence-electron chi connectivity index (χ1n) is 6.73. The zero-order chi connectivity index (χ0) is 14.5. The Bertz CT molecular complexity index is 510. The number of nitrogens with one attached hydrogen (secondary N) is 1. The van der Waals surface area contributed by atoms with Crippen molar-refractivity contribution in [3.8, 4) is 0 Å². The van der Waals surface area contributed by atoms with Crippen molar-refractivity contribution in [2.45, 2.75) is 32.3 Å². The van der Waals surface area contributed by atoms with Crippen LogP contribution in [0.1, 0.15) is 35.2 Å². The molecule has 6 nitrogen and oxygen atoms in total. The number of carbonyl (C=O) groups is 1. The van der Waals surface area contributed by atoms with E-state index >= 15 is 0 Å². The average Bonchev–Trinajstić information content (AvgIpc) is 2.91. The number of hydrogen-bond acceptors (Lipinski definition) is 4. The van der Waals surface area contributed by atoms with Crippen LogP contribution in [0.3, 0.4) is 0 Å². The first-order valence-corrected chi connectivity index (χ1v) is 6.73. The summed E-state index contributed by atoms with van der Waals surface area (Å²) in [7, 11) is 0. The van der Waals surface area contributed by atoms with Crippen molar-refractivity contribution in [2.24, 2.45) is 0 Å². The number of nitrogens with zero attached hydrogens (tertiary/aromatic N) is 1. The summed E-state index contributed by atoms with van der Waals surface area (Å²) >= 11 is 0. The summed E-state index contributed by atoms with van der Waals surface area (Å²) < 4.78 is 5.46. The summed E-state index contributed by atoms with van der Waals surface area (Å²) in [6, 6.07) is 4.76. The van der Waals surface area contributed by atoms with Crippen molar-refractivity contribution >= 4 is 11.6 Å². The molecule has 0 radical (unpaired) electrons. The lowest BCUT2D eigenvalue weighted by Gasteiger charge is -2.10. The largest absolute Gasteiger partial charge is 0.378 e. The first kappa shape index (κ1) is 14.5. The maximum absolute atomic E-state index is 12.0. The molecule has 6 heteroatoms. The summed E-state index contributed by atoms with van der Waals surface area (Å²) in [5.41, 5.74) is 0.478. The van der Waals surface area contributed by atoms with Crippen molar-refractivity contribution in [1.82, 2.24) is 5.32 Å². The number of aryl methyl sites for hydroxylation is 1. The molecule has 1 amide bonds. The van der Waals surface area contributed by atoms with Crippen molar-refractivity contribution in [3.05, 3.63) is 39.4 Å². The van der Waals surface area contributed by atoms with Gasteiger partial charge in [-0.25, -0.2) is 0 Å². The predicted octanol–water partition coefficient (Wildman–Crippen LogP) is 2.20. The van der Waals surface area contributed by atoms with E-state index in [9.17, 15) is 14.9 Å². The third-order valence-electron chi connectivity index (χ3n) is 3.44. The van der Waals surface area contributed by atoms with Gasteiger partial charge in [-0.15, -0.1) is 0 Å². The van der Waals surface area contributed by atoms with Crippen LogP contribution >= 0.6 is 0 Å². The third kappa shape index (κ3) is 3.33. The number of carbonyl (C=O) groups excluding carboxylic acids is 1. The number of para-hydroxylation sites is 1. The van der Waals surface area contributed by atoms with E-state index in [0.29, 0.717) is 12.1 Å². The van der Waals surface area contributed by atoms with Crippen LogP contribution in [0, 0.1) is 17.0 Å². The molecule has 1 heterocycles. The zero-order valence-corrected chi connectivity index (χ0v) is 11.4. The highest BCUT2D eigenvalue weighted by Crippen LogP contribution is 2.23. The minimum Gasteiger partial charge on any atom is -0.378 e. The third-order valence-corrected chi connectivity index (χ3v) is 3.44. The molecule has 1 aliphatic heterocycles. The molecule has 0 aliphatic carbocycles. The Kier molecular flexibility index (Phi) is 4.68. The van der Waals surface area contributed by atoms with E-state index in [1.165, 1.54) is 6.07 Å². The highest BCUT2D eigenvalue weighted by molar-refractivity contribution is 5.98. The van der Waals surface area contributed by atoms with E-state index in [0.717, 1.165) is 25.9 Å². The molecule has 0 saturated carbocycles. The summed E-state index contributed by atoms with van der Waals surface area (Å²) in [6.07, 6.45) is 3.01. The minimum atomic E-state index is -0.510. The smallest absolute Gasteiger partial charge is 0.285 e. The lowest BCUT2D eigenvalue weighted by Crippen LogP contribution is -2.27. The molecule has 20 heavy (non-hydrogen) atoms. The van der Waals surface area contributed by atoms with Crippen molar-refractivity contribution < 1.29 is 14.5 Å². The second kappa shape index (κ2) is 6.47. The van der Waals surface area contributed by atoms with Gasteiger partial charge in [-0.1, -0.05) is 12.1 Å². The lowest BCUT2D eigenvalue weighted by molar-refractivity contribution is -0.385. The minimum absolute atomic E-state index is 0.113. The predicted molar refractivity (Wildman–Crippen MR) is 73.8 cm³/mol.